The maximum absolute atomic E-state index is 13.6. The summed E-state index contributed by atoms with van der Waals surface area (Å²) in [5, 5.41) is 0. The summed E-state index contributed by atoms with van der Waals surface area (Å²) in [6.07, 6.45) is 0.460. The molecule has 6 heteroatoms. The van der Waals surface area contributed by atoms with Crippen molar-refractivity contribution in [2.24, 2.45) is 0 Å². The van der Waals surface area contributed by atoms with Crippen molar-refractivity contribution in [3.63, 3.8) is 0 Å². The molecule has 2 aromatic rings. The summed E-state index contributed by atoms with van der Waals surface area (Å²) in [5.41, 5.74) is 1.79. The molecule has 1 saturated heterocycles. The van der Waals surface area contributed by atoms with E-state index in [0.717, 1.165) is 51.1 Å². The Bertz CT molecular complexity index is 732. The zero-order chi connectivity index (χ0) is 19.8. The van der Waals surface area contributed by atoms with Crippen LogP contribution < -0.4 is 4.74 Å². The van der Waals surface area contributed by atoms with Crippen LogP contribution in [0.3, 0.4) is 0 Å². The second-order valence-electron chi connectivity index (χ2n) is 7.06. The fourth-order valence-corrected chi connectivity index (χ4v) is 3.36. The molecule has 1 aliphatic heterocycles. The van der Waals surface area contributed by atoms with Crippen LogP contribution in [0.25, 0.3) is 0 Å². The molecule has 0 amide bonds. The lowest BCUT2D eigenvalue weighted by molar-refractivity contribution is 0.0745. The molecule has 1 heterocycles. The first-order chi connectivity index (χ1) is 13.6. The molecule has 28 heavy (non-hydrogen) atoms. The van der Waals surface area contributed by atoms with Gasteiger partial charge in [0.05, 0.1) is 20.3 Å². The number of methoxy groups -OCH3 is 1. The molecule has 0 radical (unpaired) electrons. The van der Waals surface area contributed by atoms with E-state index < -0.39 is 11.6 Å². The molecule has 0 aliphatic carbocycles. The summed E-state index contributed by atoms with van der Waals surface area (Å²) >= 11 is 0. The van der Waals surface area contributed by atoms with E-state index in [4.69, 9.17) is 9.47 Å². The zero-order valence-corrected chi connectivity index (χ0v) is 16.4. The molecule has 4 nitrogen and oxygen atoms in total. The topological polar surface area (TPSA) is 24.9 Å². The lowest BCUT2D eigenvalue weighted by Gasteiger charge is -2.34. The molecule has 152 valence electrons. The van der Waals surface area contributed by atoms with Gasteiger partial charge in [-0.1, -0.05) is 18.2 Å². The first-order valence-electron chi connectivity index (χ1n) is 9.73. The average Bonchev–Trinajstić information content (AvgIpc) is 2.71. The number of nitrogens with zero attached hydrogens (tertiary/aromatic N) is 2. The first-order valence-corrected chi connectivity index (χ1v) is 9.73. The van der Waals surface area contributed by atoms with Crippen LogP contribution in [-0.4, -0.2) is 62.8 Å². The molecule has 0 N–H and O–H groups in total. The Morgan fingerprint density at radius 3 is 2.29 bits per heavy atom. The molecule has 1 aliphatic rings. The Balaban J connectivity index is 1.29. The van der Waals surface area contributed by atoms with Gasteiger partial charge in [-0.2, -0.15) is 0 Å². The van der Waals surface area contributed by atoms with Crippen molar-refractivity contribution in [1.82, 2.24) is 9.80 Å². The van der Waals surface area contributed by atoms with Gasteiger partial charge in [0.2, 0.25) is 0 Å². The Hall–Kier alpha value is -2.02. The Morgan fingerprint density at radius 1 is 0.893 bits per heavy atom. The van der Waals surface area contributed by atoms with Gasteiger partial charge in [0.15, 0.2) is 0 Å². The summed E-state index contributed by atoms with van der Waals surface area (Å²) in [6, 6.07) is 11.9. The lowest BCUT2D eigenvalue weighted by Crippen LogP contribution is -2.46. The van der Waals surface area contributed by atoms with Crippen LogP contribution in [0.4, 0.5) is 8.78 Å². The van der Waals surface area contributed by atoms with Crippen molar-refractivity contribution in [3.8, 4) is 5.75 Å². The molecule has 1 fully saturated rings. The third-order valence-corrected chi connectivity index (χ3v) is 5.11. The third-order valence-electron chi connectivity index (χ3n) is 5.11. The van der Waals surface area contributed by atoms with Gasteiger partial charge in [-0.15, -0.1) is 0 Å². The van der Waals surface area contributed by atoms with Crippen LogP contribution in [0.15, 0.2) is 42.5 Å². The number of ether oxygens (including phenoxy) is 2. The summed E-state index contributed by atoms with van der Waals surface area (Å²) in [7, 11) is 1.68. The van der Waals surface area contributed by atoms with Crippen LogP contribution >= 0.6 is 0 Å². The predicted octanol–water partition coefficient (Wildman–Crippen LogP) is 3.35. The van der Waals surface area contributed by atoms with Gasteiger partial charge in [-0.3, -0.25) is 9.80 Å². The van der Waals surface area contributed by atoms with E-state index in [1.165, 1.54) is 17.7 Å². The van der Waals surface area contributed by atoms with Crippen LogP contribution in [0.5, 0.6) is 5.75 Å². The van der Waals surface area contributed by atoms with Crippen LogP contribution in [0.1, 0.15) is 11.1 Å². The van der Waals surface area contributed by atoms with E-state index in [0.29, 0.717) is 25.2 Å². The van der Waals surface area contributed by atoms with Crippen LogP contribution in [0, 0.1) is 11.6 Å². The largest absolute Gasteiger partial charge is 0.497 e. The molecule has 2 aromatic carbocycles. The number of piperazine rings is 1. The molecule has 0 aromatic heterocycles. The van der Waals surface area contributed by atoms with Crippen LogP contribution in [-0.2, 0) is 17.7 Å². The number of halogens is 2. The van der Waals surface area contributed by atoms with Gasteiger partial charge in [0.25, 0.3) is 0 Å². The Labute approximate surface area is 165 Å². The fourth-order valence-electron chi connectivity index (χ4n) is 3.36. The monoisotopic (exact) mass is 390 g/mol. The second-order valence-corrected chi connectivity index (χ2v) is 7.06. The van der Waals surface area contributed by atoms with E-state index in [1.807, 2.05) is 12.1 Å². The molecule has 0 atom stereocenters. The highest BCUT2D eigenvalue weighted by molar-refractivity contribution is 5.27. The van der Waals surface area contributed by atoms with Gasteiger partial charge in [0.1, 0.15) is 17.4 Å². The predicted molar refractivity (Wildman–Crippen MR) is 106 cm³/mol. The summed E-state index contributed by atoms with van der Waals surface area (Å²) < 4.78 is 37.3. The van der Waals surface area contributed by atoms with E-state index in [2.05, 4.69) is 21.9 Å². The Morgan fingerprint density at radius 2 is 1.61 bits per heavy atom. The third kappa shape index (κ3) is 6.26. The molecule has 3 rings (SSSR count). The molecule has 0 bridgehead atoms. The minimum absolute atomic E-state index is 0.444. The molecule has 0 spiro atoms. The smallest absolute Gasteiger partial charge is 0.129 e. The minimum Gasteiger partial charge on any atom is -0.497 e. The summed E-state index contributed by atoms with van der Waals surface area (Å²) in [5.74, 6) is -0.166. The number of benzene rings is 2. The highest BCUT2D eigenvalue weighted by Gasteiger charge is 2.16. The zero-order valence-electron chi connectivity index (χ0n) is 16.4. The summed E-state index contributed by atoms with van der Waals surface area (Å²) in [4.78, 5) is 4.85. The first kappa shape index (κ1) is 20.7. The maximum atomic E-state index is 13.6. The number of hydrogen-bond donors (Lipinski definition) is 0. The Kier molecular flexibility index (Phi) is 7.77. The highest BCUT2D eigenvalue weighted by atomic mass is 19.1. The van der Waals surface area contributed by atoms with Crippen molar-refractivity contribution in [3.05, 3.63) is 65.2 Å². The van der Waals surface area contributed by atoms with Crippen molar-refractivity contribution >= 4 is 0 Å². The standard InChI is InChI=1S/C22H28F2N2O2/c1-27-21-6-2-18(3-7-21)17-26-11-9-25(10-12-26)13-15-28-14-8-19-4-5-20(23)16-22(19)24/h2-7,16H,8-15,17H2,1H3. The van der Waals surface area contributed by atoms with Crippen LogP contribution in [0.2, 0.25) is 0 Å². The van der Waals surface area contributed by atoms with Crippen molar-refractivity contribution < 1.29 is 18.3 Å². The molecule has 0 unspecified atom stereocenters. The van der Waals surface area contributed by atoms with E-state index >= 15 is 0 Å². The lowest BCUT2D eigenvalue weighted by atomic mass is 10.1. The average molecular weight is 390 g/mol. The molecular weight excluding hydrogens is 362 g/mol. The highest BCUT2D eigenvalue weighted by Crippen LogP contribution is 2.14. The number of rotatable bonds is 9. The van der Waals surface area contributed by atoms with Gasteiger partial charge >= 0.3 is 0 Å². The normalized spacial score (nSPS) is 15.7. The molecule has 0 saturated carbocycles. The maximum Gasteiger partial charge on any atom is 0.129 e. The fraction of sp³-hybridized carbons (Fsp3) is 0.455. The van der Waals surface area contributed by atoms with Crippen molar-refractivity contribution in [2.45, 2.75) is 13.0 Å². The quantitative estimate of drug-likeness (QED) is 0.613. The SMILES string of the molecule is COc1ccc(CN2CCN(CCOCCc3ccc(F)cc3F)CC2)cc1. The van der Waals surface area contributed by atoms with E-state index in [9.17, 15) is 8.78 Å². The van der Waals surface area contributed by atoms with Crippen molar-refractivity contribution in [1.29, 1.82) is 0 Å². The van der Waals surface area contributed by atoms with E-state index in [1.54, 1.807) is 7.11 Å². The van der Waals surface area contributed by atoms with E-state index in [-0.39, 0.29) is 0 Å². The molecular formula is C22H28F2N2O2. The summed E-state index contributed by atoms with van der Waals surface area (Å²) in [6.45, 7) is 7.01. The van der Waals surface area contributed by atoms with Gasteiger partial charge in [-0.25, -0.2) is 8.78 Å². The minimum atomic E-state index is -0.548. The number of hydrogen-bond acceptors (Lipinski definition) is 4. The van der Waals surface area contributed by atoms with Crippen molar-refractivity contribution in [2.75, 3.05) is 53.0 Å². The second kappa shape index (κ2) is 10.5. The van der Waals surface area contributed by atoms with Gasteiger partial charge in [-0.05, 0) is 35.7 Å². The van der Waals surface area contributed by atoms with Gasteiger partial charge < -0.3 is 9.47 Å². The van der Waals surface area contributed by atoms with Gasteiger partial charge in [0, 0.05) is 45.3 Å².